The number of nitrogens with zero attached hydrogens (tertiary/aromatic N) is 5. The van der Waals surface area contributed by atoms with Crippen LogP contribution in [-0.2, 0) is 5.41 Å². The third kappa shape index (κ3) is 6.76. The highest BCUT2D eigenvalue weighted by molar-refractivity contribution is 5.86. The van der Waals surface area contributed by atoms with Gasteiger partial charge in [-0.2, -0.15) is 5.26 Å². The smallest absolute Gasteiger partial charge is 0.164 e. The average Bonchev–Trinajstić information content (AvgIpc) is 3.61. The molecule has 7 aromatic carbocycles. The van der Waals surface area contributed by atoms with Gasteiger partial charge in [0, 0.05) is 34.5 Å². The summed E-state index contributed by atoms with van der Waals surface area (Å²) < 4.78 is 0. The van der Waals surface area contributed by atoms with E-state index in [-0.39, 0.29) is 5.41 Å². The molecule has 0 unspecified atom stereocenters. The quantitative estimate of drug-likeness (QED) is 0.161. The predicted molar refractivity (Wildman–Crippen MR) is 250 cm³/mol. The van der Waals surface area contributed by atoms with Crippen LogP contribution in [0.4, 0.5) is 0 Å². The molecule has 62 heavy (non-hydrogen) atoms. The van der Waals surface area contributed by atoms with Crippen molar-refractivity contribution in [1.29, 1.82) is 5.26 Å². The summed E-state index contributed by atoms with van der Waals surface area (Å²) in [5.41, 5.74) is 18.1. The molecule has 0 radical (unpaired) electrons. The van der Waals surface area contributed by atoms with Crippen molar-refractivity contribution in [3.8, 4) is 95.9 Å². The van der Waals surface area contributed by atoms with Gasteiger partial charge in [0.25, 0.3) is 0 Å². The van der Waals surface area contributed by atoms with E-state index in [1.807, 2.05) is 48.7 Å². The topological polar surface area (TPSA) is 75.3 Å². The number of hydrogen-bond acceptors (Lipinski definition) is 5. The molecule has 2 aliphatic carbocycles. The summed E-state index contributed by atoms with van der Waals surface area (Å²) in [6.07, 6.45) is 9.72. The SMILES string of the molecule is N#Cc1ccc2c(c1)-c1ccc(-c3cccc(-c4cccc(-c5ccc(-c6nc(-c7ccccc7)nc(-c7ccc(-c8cccnc8)cc7)n6)cc5)c4)c3)cc1C21CCCCC1. The Bertz CT molecular complexity index is 3140. The molecule has 1 fully saturated rings. The summed E-state index contributed by atoms with van der Waals surface area (Å²) in [6, 6.07) is 64.3. The van der Waals surface area contributed by atoms with Crippen molar-refractivity contribution in [3.05, 3.63) is 205 Å². The van der Waals surface area contributed by atoms with Crippen LogP contribution in [0.25, 0.3) is 89.8 Å². The zero-order valence-electron chi connectivity index (χ0n) is 34.2. The van der Waals surface area contributed by atoms with Gasteiger partial charge in [-0.25, -0.2) is 15.0 Å². The highest BCUT2D eigenvalue weighted by Crippen LogP contribution is 2.56. The van der Waals surface area contributed by atoms with Gasteiger partial charge in [0.2, 0.25) is 0 Å². The molecule has 1 spiro atoms. The Morgan fingerprint density at radius 1 is 0.387 bits per heavy atom. The zero-order chi connectivity index (χ0) is 41.5. The second-order valence-corrected chi connectivity index (χ2v) is 16.5. The second-order valence-electron chi connectivity index (χ2n) is 16.5. The fourth-order valence-electron chi connectivity index (χ4n) is 9.71. The van der Waals surface area contributed by atoms with Gasteiger partial charge >= 0.3 is 0 Å². The summed E-state index contributed by atoms with van der Waals surface area (Å²) in [5.74, 6) is 1.88. The van der Waals surface area contributed by atoms with Crippen molar-refractivity contribution in [1.82, 2.24) is 19.9 Å². The molecule has 0 amide bonds. The lowest BCUT2D eigenvalue weighted by Crippen LogP contribution is -2.28. The second kappa shape index (κ2) is 15.7. The minimum Gasteiger partial charge on any atom is -0.264 e. The number of fused-ring (bicyclic) bond motifs is 5. The van der Waals surface area contributed by atoms with Crippen molar-refractivity contribution in [2.45, 2.75) is 37.5 Å². The van der Waals surface area contributed by atoms with Crippen LogP contribution in [0.15, 0.2) is 188 Å². The van der Waals surface area contributed by atoms with Crippen molar-refractivity contribution in [3.63, 3.8) is 0 Å². The number of nitriles is 1. The Labute approximate surface area is 362 Å². The molecule has 5 heteroatoms. The maximum atomic E-state index is 9.72. The monoisotopic (exact) mass is 795 g/mol. The van der Waals surface area contributed by atoms with Gasteiger partial charge in [0.15, 0.2) is 17.5 Å². The Morgan fingerprint density at radius 2 is 0.887 bits per heavy atom. The van der Waals surface area contributed by atoms with Gasteiger partial charge < -0.3 is 0 Å². The van der Waals surface area contributed by atoms with Crippen LogP contribution in [0.2, 0.25) is 0 Å². The Balaban J connectivity index is 0.892. The lowest BCUT2D eigenvalue weighted by atomic mass is 9.67. The fourth-order valence-corrected chi connectivity index (χ4v) is 9.71. The number of pyridine rings is 1. The van der Waals surface area contributed by atoms with Crippen LogP contribution >= 0.6 is 0 Å². The van der Waals surface area contributed by atoms with Gasteiger partial charge in [-0.05, 0) is 116 Å². The molecule has 2 heterocycles. The number of benzene rings is 7. The number of aromatic nitrogens is 4. The third-order valence-electron chi connectivity index (χ3n) is 12.9. The van der Waals surface area contributed by atoms with Gasteiger partial charge in [0.05, 0.1) is 11.6 Å². The van der Waals surface area contributed by atoms with Gasteiger partial charge in [0.1, 0.15) is 0 Å². The van der Waals surface area contributed by atoms with E-state index in [0.717, 1.165) is 57.3 Å². The summed E-state index contributed by atoms with van der Waals surface area (Å²) >= 11 is 0. The van der Waals surface area contributed by atoms with Gasteiger partial charge in [-0.15, -0.1) is 0 Å². The first-order chi connectivity index (χ1) is 30.6. The molecule has 294 valence electrons. The molecule has 2 aromatic heterocycles. The molecule has 1 saturated carbocycles. The van der Waals surface area contributed by atoms with E-state index in [2.05, 4.69) is 145 Å². The molecule has 0 N–H and O–H groups in total. The first-order valence-electron chi connectivity index (χ1n) is 21.5. The highest BCUT2D eigenvalue weighted by atomic mass is 15.0. The van der Waals surface area contributed by atoms with Gasteiger partial charge in [-0.3, -0.25) is 4.98 Å². The summed E-state index contributed by atoms with van der Waals surface area (Å²) in [6.45, 7) is 0. The van der Waals surface area contributed by atoms with Crippen LogP contribution in [0, 0.1) is 11.3 Å². The van der Waals surface area contributed by atoms with Crippen LogP contribution in [0.3, 0.4) is 0 Å². The Kier molecular flexibility index (Phi) is 9.40. The number of hydrogen-bond donors (Lipinski definition) is 0. The van der Waals surface area contributed by atoms with E-state index < -0.39 is 0 Å². The highest BCUT2D eigenvalue weighted by Gasteiger charge is 2.44. The van der Waals surface area contributed by atoms with Gasteiger partial charge in [-0.1, -0.05) is 159 Å². The molecule has 2 aliphatic rings. The standard InChI is InChI=1S/C57H41N5/c58-36-38-17-28-52-51(32-38)50-27-26-48(35-53(50)57(52)29-5-2-6-30-57)47-15-8-14-46(34-47)45-13-7-12-44(33-45)39-18-22-42(23-19-39)55-60-54(41-10-3-1-4-11-41)61-56(62-55)43-24-20-40(21-25-43)49-16-9-31-59-37-49/h1,3-4,7-28,31-35,37H,2,5-6,29-30H2. The van der Waals surface area contributed by atoms with Crippen molar-refractivity contribution < 1.29 is 0 Å². The fraction of sp³-hybridized carbons (Fsp3) is 0.105. The van der Waals surface area contributed by atoms with Crippen LogP contribution in [0.5, 0.6) is 0 Å². The minimum absolute atomic E-state index is 0.0255. The lowest BCUT2D eigenvalue weighted by Gasteiger charge is -2.36. The first-order valence-corrected chi connectivity index (χ1v) is 21.5. The predicted octanol–water partition coefficient (Wildman–Crippen LogP) is 14.0. The van der Waals surface area contributed by atoms with Crippen molar-refractivity contribution in [2.75, 3.05) is 0 Å². The number of rotatable bonds is 7. The maximum Gasteiger partial charge on any atom is 0.164 e. The molecular formula is C57H41N5. The molecule has 11 rings (SSSR count). The van der Waals surface area contributed by atoms with Crippen molar-refractivity contribution >= 4 is 0 Å². The molecule has 0 aliphatic heterocycles. The molecular weight excluding hydrogens is 755 g/mol. The van der Waals surface area contributed by atoms with E-state index in [0.29, 0.717) is 17.5 Å². The zero-order valence-corrected chi connectivity index (χ0v) is 34.2. The summed E-state index contributed by atoms with van der Waals surface area (Å²) in [4.78, 5) is 19.2. The largest absolute Gasteiger partial charge is 0.264 e. The van der Waals surface area contributed by atoms with E-state index >= 15 is 0 Å². The van der Waals surface area contributed by atoms with E-state index in [9.17, 15) is 5.26 Å². The third-order valence-corrected chi connectivity index (χ3v) is 12.9. The van der Waals surface area contributed by atoms with E-state index in [1.54, 1.807) is 6.20 Å². The van der Waals surface area contributed by atoms with E-state index in [1.165, 1.54) is 63.8 Å². The summed E-state index contributed by atoms with van der Waals surface area (Å²) in [5, 5.41) is 9.72. The molecule has 0 bridgehead atoms. The molecule has 0 atom stereocenters. The van der Waals surface area contributed by atoms with Crippen LogP contribution in [0.1, 0.15) is 48.8 Å². The van der Waals surface area contributed by atoms with Crippen LogP contribution < -0.4 is 0 Å². The van der Waals surface area contributed by atoms with E-state index in [4.69, 9.17) is 15.0 Å². The Hall–Kier alpha value is -7.81. The molecule has 9 aromatic rings. The average molecular weight is 796 g/mol. The lowest BCUT2D eigenvalue weighted by molar-refractivity contribution is 0.353. The minimum atomic E-state index is 0.0255. The first kappa shape index (κ1) is 37.2. The van der Waals surface area contributed by atoms with Crippen LogP contribution in [-0.4, -0.2) is 19.9 Å². The normalized spacial score (nSPS) is 13.6. The molecule has 0 saturated heterocycles. The maximum absolute atomic E-state index is 9.72. The molecule has 5 nitrogen and oxygen atoms in total. The Morgan fingerprint density at radius 3 is 1.47 bits per heavy atom. The van der Waals surface area contributed by atoms with Crippen molar-refractivity contribution in [2.24, 2.45) is 0 Å². The summed E-state index contributed by atoms with van der Waals surface area (Å²) in [7, 11) is 0.